The van der Waals surface area contributed by atoms with E-state index in [1.165, 1.54) is 42.6 Å². The lowest BCUT2D eigenvalue weighted by atomic mass is 9.95. The Labute approximate surface area is 179 Å². The van der Waals surface area contributed by atoms with Gasteiger partial charge in [-0.25, -0.2) is 9.37 Å². The number of aryl methyl sites for hydroxylation is 1. The van der Waals surface area contributed by atoms with E-state index in [9.17, 15) is 29.2 Å². The first kappa shape index (κ1) is 20.4. The van der Waals surface area contributed by atoms with Crippen LogP contribution < -0.4 is 4.90 Å². The Bertz CT molecular complexity index is 1240. The largest absolute Gasteiger partial charge is 0.507 e. The van der Waals surface area contributed by atoms with Crippen molar-refractivity contribution in [3.63, 3.8) is 0 Å². The Hall–Kier alpha value is -3.92. The zero-order valence-corrected chi connectivity index (χ0v) is 16.8. The molecule has 1 N–H and O–H groups in total. The minimum Gasteiger partial charge on any atom is -0.507 e. The maximum Gasteiger partial charge on any atom is 0.301 e. The van der Waals surface area contributed by atoms with Crippen LogP contribution in [0.1, 0.15) is 22.7 Å². The van der Waals surface area contributed by atoms with Crippen molar-refractivity contribution in [2.45, 2.75) is 13.0 Å². The topological polar surface area (TPSA) is 114 Å². The second-order valence-electron chi connectivity index (χ2n) is 6.80. The van der Waals surface area contributed by atoms with Crippen LogP contribution in [0, 0.1) is 22.9 Å². The molecule has 2 aromatic carbocycles. The fourth-order valence-corrected chi connectivity index (χ4v) is 4.02. The highest BCUT2D eigenvalue weighted by Crippen LogP contribution is 2.43. The maximum absolute atomic E-state index is 14.1. The molecular formula is C21H14FN3O5S. The lowest BCUT2D eigenvalue weighted by Crippen LogP contribution is -2.29. The van der Waals surface area contributed by atoms with Gasteiger partial charge in [-0.05, 0) is 36.2 Å². The van der Waals surface area contributed by atoms with Gasteiger partial charge in [-0.3, -0.25) is 24.6 Å². The van der Waals surface area contributed by atoms with Crippen LogP contribution in [0.2, 0.25) is 0 Å². The quantitative estimate of drug-likeness (QED) is 0.215. The number of nitrogens with zero attached hydrogens (tertiary/aromatic N) is 3. The number of hydrogen-bond donors (Lipinski definition) is 1. The Morgan fingerprint density at radius 1 is 1.23 bits per heavy atom. The summed E-state index contributed by atoms with van der Waals surface area (Å²) < 4.78 is 14.1. The van der Waals surface area contributed by atoms with Gasteiger partial charge in [0, 0.05) is 29.3 Å². The number of non-ortho nitro benzene ring substituents is 1. The van der Waals surface area contributed by atoms with Gasteiger partial charge in [0.15, 0.2) is 5.13 Å². The number of carbonyl (C=O) groups excluding carboxylic acids is 2. The summed E-state index contributed by atoms with van der Waals surface area (Å²) in [6.07, 6.45) is 1.46. The van der Waals surface area contributed by atoms with Crippen molar-refractivity contribution >= 4 is 39.6 Å². The van der Waals surface area contributed by atoms with E-state index in [0.717, 1.165) is 22.3 Å². The highest BCUT2D eigenvalue weighted by Gasteiger charge is 2.48. The van der Waals surface area contributed by atoms with Crippen LogP contribution in [0.15, 0.2) is 59.6 Å². The number of nitro benzene ring substituents is 1. The van der Waals surface area contributed by atoms with Gasteiger partial charge in [0.05, 0.1) is 16.5 Å². The van der Waals surface area contributed by atoms with E-state index >= 15 is 0 Å². The molecule has 8 nitrogen and oxygen atoms in total. The highest BCUT2D eigenvalue weighted by molar-refractivity contribution is 7.14. The van der Waals surface area contributed by atoms with E-state index in [0.29, 0.717) is 11.1 Å². The third kappa shape index (κ3) is 3.46. The first-order valence-electron chi connectivity index (χ1n) is 9.01. The van der Waals surface area contributed by atoms with Crippen LogP contribution in [-0.2, 0) is 9.59 Å². The monoisotopic (exact) mass is 439 g/mol. The van der Waals surface area contributed by atoms with Crippen molar-refractivity contribution in [2.75, 3.05) is 4.90 Å². The molecule has 1 aromatic heterocycles. The standard InChI is InChI=1S/C21H14FN3O5S/c1-11-2-3-13(10-15(11)22)18(26)16-17(12-4-6-14(7-5-12)25(29)30)24(20(28)19(16)27)21-23-8-9-31-21/h2-10,17,26H,1H3/b18-16+. The molecule has 3 aromatic rings. The van der Waals surface area contributed by atoms with Gasteiger partial charge < -0.3 is 5.11 Å². The second kappa shape index (κ2) is 7.73. The van der Waals surface area contributed by atoms with Crippen molar-refractivity contribution in [2.24, 2.45) is 0 Å². The molecule has 0 spiro atoms. The molecule has 2 heterocycles. The summed E-state index contributed by atoms with van der Waals surface area (Å²) in [5.41, 5.74) is 0.320. The Balaban J connectivity index is 1.93. The second-order valence-corrected chi connectivity index (χ2v) is 7.67. The molecule has 0 bridgehead atoms. The summed E-state index contributed by atoms with van der Waals surface area (Å²) in [7, 11) is 0. The number of aromatic nitrogens is 1. The number of aliphatic hydroxyl groups is 1. The number of rotatable bonds is 4. The zero-order chi connectivity index (χ0) is 22.3. The number of aliphatic hydroxyl groups excluding tert-OH is 1. The molecule has 1 aliphatic rings. The number of benzene rings is 2. The Morgan fingerprint density at radius 3 is 2.52 bits per heavy atom. The molecule has 1 unspecified atom stereocenters. The molecule has 1 aliphatic heterocycles. The average Bonchev–Trinajstić information content (AvgIpc) is 3.36. The summed E-state index contributed by atoms with van der Waals surface area (Å²) in [5.74, 6) is -2.99. The number of Topliss-reactive ketones (excluding diaryl/α,β-unsaturated/α-hetero) is 1. The van der Waals surface area contributed by atoms with Crippen molar-refractivity contribution in [3.8, 4) is 0 Å². The van der Waals surface area contributed by atoms with Crippen molar-refractivity contribution in [1.29, 1.82) is 0 Å². The Morgan fingerprint density at radius 2 is 1.94 bits per heavy atom. The van der Waals surface area contributed by atoms with E-state index in [-0.39, 0.29) is 22.0 Å². The van der Waals surface area contributed by atoms with Gasteiger partial charge >= 0.3 is 5.91 Å². The van der Waals surface area contributed by atoms with Gasteiger partial charge in [-0.1, -0.05) is 12.1 Å². The van der Waals surface area contributed by atoms with Gasteiger partial charge in [0.2, 0.25) is 0 Å². The normalized spacial score (nSPS) is 17.9. The minimum atomic E-state index is -1.09. The van der Waals surface area contributed by atoms with Crippen LogP contribution in [0.25, 0.3) is 5.76 Å². The third-order valence-corrected chi connectivity index (χ3v) is 5.71. The zero-order valence-electron chi connectivity index (χ0n) is 16.0. The predicted octanol–water partition coefficient (Wildman–Crippen LogP) is 4.13. The predicted molar refractivity (Wildman–Crippen MR) is 111 cm³/mol. The molecule has 0 saturated carbocycles. The van der Waals surface area contributed by atoms with Crippen molar-refractivity contribution < 1.29 is 24.0 Å². The van der Waals surface area contributed by atoms with Crippen LogP contribution in [-0.4, -0.2) is 26.7 Å². The van der Waals surface area contributed by atoms with Crippen LogP contribution in [0.3, 0.4) is 0 Å². The first-order valence-corrected chi connectivity index (χ1v) is 9.89. The summed E-state index contributed by atoms with van der Waals surface area (Å²) in [6.45, 7) is 1.55. The van der Waals surface area contributed by atoms with Gasteiger partial charge in [0.25, 0.3) is 11.5 Å². The number of carbonyl (C=O) groups is 2. The lowest BCUT2D eigenvalue weighted by Gasteiger charge is -2.22. The van der Waals surface area contributed by atoms with Gasteiger partial charge in [-0.2, -0.15) is 0 Å². The molecule has 31 heavy (non-hydrogen) atoms. The molecule has 10 heteroatoms. The molecule has 0 aliphatic carbocycles. The average molecular weight is 439 g/mol. The highest BCUT2D eigenvalue weighted by atomic mass is 32.1. The summed E-state index contributed by atoms with van der Waals surface area (Å²) in [6, 6.07) is 8.16. The van der Waals surface area contributed by atoms with Gasteiger partial charge in [-0.15, -0.1) is 11.3 Å². The van der Waals surface area contributed by atoms with E-state index in [4.69, 9.17) is 0 Å². The summed E-state index contributed by atoms with van der Waals surface area (Å²) in [4.78, 5) is 41.4. The van der Waals surface area contributed by atoms with Crippen LogP contribution >= 0.6 is 11.3 Å². The van der Waals surface area contributed by atoms with E-state index < -0.39 is 34.2 Å². The number of ketones is 1. The molecule has 0 radical (unpaired) electrons. The fraction of sp³-hybridized carbons (Fsp3) is 0.0952. The summed E-state index contributed by atoms with van der Waals surface area (Å²) >= 11 is 1.12. The number of amides is 1. The van der Waals surface area contributed by atoms with Crippen molar-refractivity contribution in [3.05, 3.63) is 92.2 Å². The van der Waals surface area contributed by atoms with E-state index in [2.05, 4.69) is 4.98 Å². The number of hydrogen-bond acceptors (Lipinski definition) is 7. The Kier molecular flexibility index (Phi) is 5.07. The molecule has 1 fully saturated rings. The fourth-order valence-electron chi connectivity index (χ4n) is 3.35. The smallest absolute Gasteiger partial charge is 0.301 e. The molecular weight excluding hydrogens is 425 g/mol. The lowest BCUT2D eigenvalue weighted by molar-refractivity contribution is -0.384. The summed E-state index contributed by atoms with van der Waals surface area (Å²) in [5, 5.41) is 23.7. The maximum atomic E-state index is 14.1. The van der Waals surface area contributed by atoms with Gasteiger partial charge in [0.1, 0.15) is 11.6 Å². The van der Waals surface area contributed by atoms with E-state index in [1.54, 1.807) is 12.3 Å². The number of halogens is 1. The number of thiazole rings is 1. The van der Waals surface area contributed by atoms with Crippen molar-refractivity contribution in [1.82, 2.24) is 4.98 Å². The molecule has 1 amide bonds. The first-order chi connectivity index (χ1) is 14.8. The molecule has 4 rings (SSSR count). The molecule has 156 valence electrons. The third-order valence-electron chi connectivity index (χ3n) is 4.93. The van der Waals surface area contributed by atoms with Crippen LogP contribution in [0.5, 0.6) is 0 Å². The molecule has 1 saturated heterocycles. The number of anilines is 1. The number of nitro groups is 1. The SMILES string of the molecule is Cc1ccc(/C(O)=C2\C(=O)C(=O)N(c3nccs3)C2c2ccc([N+](=O)[O-])cc2)cc1F. The van der Waals surface area contributed by atoms with Crippen LogP contribution in [0.4, 0.5) is 15.2 Å². The van der Waals surface area contributed by atoms with E-state index in [1.807, 2.05) is 0 Å². The molecule has 1 atom stereocenters. The minimum absolute atomic E-state index is 0.0344.